The number of terminal acetylenes is 1. The number of carboxylic acid groups (broad SMARTS) is 1. The molecule has 1 heterocycles. The molecular weight excluding hydrogens is 212 g/mol. The average molecular weight is 226 g/mol. The molecule has 0 saturated carbocycles. The quantitative estimate of drug-likeness (QED) is 0.636. The van der Waals surface area contributed by atoms with Gasteiger partial charge in [0.2, 0.25) is 0 Å². The van der Waals surface area contributed by atoms with Crippen LogP contribution in [0.3, 0.4) is 0 Å². The maximum Gasteiger partial charge on any atom is 0.327 e. The van der Waals surface area contributed by atoms with E-state index in [9.17, 15) is 9.59 Å². The first-order chi connectivity index (χ1) is 7.65. The second kappa shape index (κ2) is 5.98. The van der Waals surface area contributed by atoms with Crippen molar-refractivity contribution in [3.05, 3.63) is 0 Å². The van der Waals surface area contributed by atoms with Crippen molar-refractivity contribution in [2.24, 2.45) is 0 Å². The first kappa shape index (κ1) is 12.3. The zero-order valence-electron chi connectivity index (χ0n) is 8.81. The van der Waals surface area contributed by atoms with Crippen molar-refractivity contribution in [3.8, 4) is 12.3 Å². The predicted octanol–water partition coefficient (Wildman–Crippen LogP) is -0.495. The number of carbonyl (C=O) groups is 2. The Morgan fingerprint density at radius 2 is 2.12 bits per heavy atom. The third-order valence-corrected chi connectivity index (χ3v) is 2.22. The largest absolute Gasteiger partial charge is 0.480 e. The van der Waals surface area contributed by atoms with Crippen molar-refractivity contribution in [2.45, 2.75) is 12.5 Å². The lowest BCUT2D eigenvalue weighted by Crippen LogP contribution is -2.51. The topological polar surface area (TPSA) is 78.9 Å². The highest BCUT2D eigenvalue weighted by atomic mass is 16.5. The number of morpholine rings is 1. The molecule has 1 fully saturated rings. The standard InChI is InChI=1S/C10H14N2O4/c1-2-3-8(9(13)14)11-10(15)12-4-6-16-7-5-12/h1,8H,3-7H2,(H,11,15)(H,13,14). The molecule has 1 rings (SSSR count). The summed E-state index contributed by atoms with van der Waals surface area (Å²) in [5, 5.41) is 11.2. The smallest absolute Gasteiger partial charge is 0.327 e. The molecule has 0 aromatic carbocycles. The molecule has 0 aromatic heterocycles. The van der Waals surface area contributed by atoms with Gasteiger partial charge in [-0.05, 0) is 0 Å². The summed E-state index contributed by atoms with van der Waals surface area (Å²) >= 11 is 0. The normalized spacial score (nSPS) is 17.3. The van der Waals surface area contributed by atoms with Crippen molar-refractivity contribution in [3.63, 3.8) is 0 Å². The lowest BCUT2D eigenvalue weighted by molar-refractivity contribution is -0.139. The van der Waals surface area contributed by atoms with E-state index in [0.29, 0.717) is 26.3 Å². The van der Waals surface area contributed by atoms with Gasteiger partial charge in [0.15, 0.2) is 0 Å². The number of nitrogens with zero attached hydrogens (tertiary/aromatic N) is 1. The van der Waals surface area contributed by atoms with E-state index >= 15 is 0 Å². The Morgan fingerprint density at radius 3 is 2.62 bits per heavy atom. The van der Waals surface area contributed by atoms with Crippen LogP contribution in [0, 0.1) is 12.3 Å². The van der Waals surface area contributed by atoms with Crippen LogP contribution in [-0.4, -0.2) is 54.4 Å². The third kappa shape index (κ3) is 3.44. The zero-order valence-corrected chi connectivity index (χ0v) is 8.81. The SMILES string of the molecule is C#CCC(NC(=O)N1CCOCC1)C(=O)O. The molecule has 2 N–H and O–H groups in total. The molecule has 0 aliphatic carbocycles. The van der Waals surface area contributed by atoms with Gasteiger partial charge in [0, 0.05) is 19.5 Å². The lowest BCUT2D eigenvalue weighted by Gasteiger charge is -2.28. The van der Waals surface area contributed by atoms with Crippen LogP contribution < -0.4 is 5.32 Å². The van der Waals surface area contributed by atoms with E-state index in [-0.39, 0.29) is 6.42 Å². The highest BCUT2D eigenvalue weighted by molar-refractivity contribution is 5.82. The first-order valence-electron chi connectivity index (χ1n) is 4.94. The van der Waals surface area contributed by atoms with Gasteiger partial charge in [-0.3, -0.25) is 0 Å². The number of amides is 2. The average Bonchev–Trinajstić information content (AvgIpc) is 2.29. The van der Waals surface area contributed by atoms with Gasteiger partial charge in [-0.2, -0.15) is 0 Å². The van der Waals surface area contributed by atoms with E-state index in [0.717, 1.165) is 0 Å². The molecule has 0 spiro atoms. The van der Waals surface area contributed by atoms with Crippen LogP contribution in [0.2, 0.25) is 0 Å². The number of ether oxygens (including phenoxy) is 1. The molecule has 88 valence electrons. The zero-order chi connectivity index (χ0) is 12.0. The predicted molar refractivity (Wildman–Crippen MR) is 55.8 cm³/mol. The Morgan fingerprint density at radius 1 is 1.50 bits per heavy atom. The summed E-state index contributed by atoms with van der Waals surface area (Å²) in [6, 6.07) is -1.44. The van der Waals surface area contributed by atoms with E-state index in [1.165, 1.54) is 4.90 Å². The van der Waals surface area contributed by atoms with E-state index in [4.69, 9.17) is 16.3 Å². The monoisotopic (exact) mass is 226 g/mol. The fourth-order valence-electron chi connectivity index (χ4n) is 1.32. The minimum absolute atomic E-state index is 0.0224. The molecule has 1 aliphatic heterocycles. The highest BCUT2D eigenvalue weighted by Crippen LogP contribution is 1.99. The molecule has 1 atom stereocenters. The minimum Gasteiger partial charge on any atom is -0.480 e. The van der Waals surface area contributed by atoms with Gasteiger partial charge in [0.1, 0.15) is 6.04 Å². The van der Waals surface area contributed by atoms with Gasteiger partial charge in [0.05, 0.1) is 13.2 Å². The van der Waals surface area contributed by atoms with Crippen LogP contribution >= 0.6 is 0 Å². The van der Waals surface area contributed by atoms with Crippen LogP contribution in [0.5, 0.6) is 0 Å². The number of rotatable bonds is 3. The van der Waals surface area contributed by atoms with Crippen molar-refractivity contribution >= 4 is 12.0 Å². The van der Waals surface area contributed by atoms with Crippen molar-refractivity contribution in [1.29, 1.82) is 0 Å². The van der Waals surface area contributed by atoms with Crippen LogP contribution in [0.25, 0.3) is 0 Å². The number of aliphatic carboxylic acids is 1. The summed E-state index contributed by atoms with van der Waals surface area (Å²) in [5.74, 6) is 1.09. The Kier molecular flexibility index (Phi) is 4.61. The van der Waals surface area contributed by atoms with E-state index in [1.807, 2.05) is 0 Å². The van der Waals surface area contributed by atoms with Crippen LogP contribution in [0.15, 0.2) is 0 Å². The molecule has 16 heavy (non-hydrogen) atoms. The molecule has 1 aliphatic rings. The van der Waals surface area contributed by atoms with E-state index < -0.39 is 18.0 Å². The third-order valence-electron chi connectivity index (χ3n) is 2.22. The number of hydrogen-bond acceptors (Lipinski definition) is 3. The highest BCUT2D eigenvalue weighted by Gasteiger charge is 2.23. The van der Waals surface area contributed by atoms with Crippen LogP contribution in [-0.2, 0) is 9.53 Å². The maximum atomic E-state index is 11.6. The van der Waals surface area contributed by atoms with E-state index in [1.54, 1.807) is 0 Å². The fourth-order valence-corrected chi connectivity index (χ4v) is 1.32. The maximum absolute atomic E-state index is 11.6. The van der Waals surface area contributed by atoms with Gasteiger partial charge >= 0.3 is 12.0 Å². The Bertz CT molecular complexity index is 304. The number of nitrogens with one attached hydrogen (secondary N) is 1. The number of carbonyl (C=O) groups excluding carboxylic acids is 1. The fraction of sp³-hybridized carbons (Fsp3) is 0.600. The van der Waals surface area contributed by atoms with Crippen LogP contribution in [0.1, 0.15) is 6.42 Å². The minimum atomic E-state index is -1.13. The number of carboxylic acids is 1. The van der Waals surface area contributed by atoms with E-state index in [2.05, 4.69) is 11.2 Å². The summed E-state index contributed by atoms with van der Waals surface area (Å²) in [6.45, 7) is 1.88. The van der Waals surface area contributed by atoms with Crippen molar-refractivity contribution in [1.82, 2.24) is 10.2 Å². The molecule has 0 aromatic rings. The van der Waals surface area contributed by atoms with Gasteiger partial charge in [-0.25, -0.2) is 9.59 Å². The molecule has 0 radical (unpaired) electrons. The molecular formula is C10H14N2O4. The summed E-state index contributed by atoms with van der Waals surface area (Å²) in [5.41, 5.74) is 0. The second-order valence-corrected chi connectivity index (χ2v) is 3.35. The molecule has 2 amide bonds. The van der Waals surface area contributed by atoms with Gasteiger partial charge in [-0.1, -0.05) is 0 Å². The van der Waals surface area contributed by atoms with Crippen molar-refractivity contribution < 1.29 is 19.4 Å². The summed E-state index contributed by atoms with van der Waals surface area (Å²) in [7, 11) is 0. The molecule has 1 unspecified atom stereocenters. The molecule has 6 heteroatoms. The Balaban J connectivity index is 2.47. The van der Waals surface area contributed by atoms with Crippen LogP contribution in [0.4, 0.5) is 4.79 Å². The summed E-state index contributed by atoms with van der Waals surface area (Å²) in [4.78, 5) is 23.9. The number of hydrogen-bond donors (Lipinski definition) is 2. The summed E-state index contributed by atoms with van der Waals surface area (Å²) in [6.07, 6.45) is 5.00. The lowest BCUT2D eigenvalue weighted by atomic mass is 10.2. The van der Waals surface area contributed by atoms with Crippen molar-refractivity contribution in [2.75, 3.05) is 26.3 Å². The van der Waals surface area contributed by atoms with Gasteiger partial charge < -0.3 is 20.1 Å². The van der Waals surface area contributed by atoms with Gasteiger partial charge in [-0.15, -0.1) is 12.3 Å². The Labute approximate surface area is 93.6 Å². The number of urea groups is 1. The molecule has 6 nitrogen and oxygen atoms in total. The summed E-state index contributed by atoms with van der Waals surface area (Å²) < 4.78 is 5.08. The Hall–Kier alpha value is -1.74. The first-order valence-corrected chi connectivity index (χ1v) is 4.94. The second-order valence-electron chi connectivity index (χ2n) is 3.35. The van der Waals surface area contributed by atoms with Gasteiger partial charge in [0.25, 0.3) is 0 Å². The molecule has 0 bridgehead atoms. The molecule has 1 saturated heterocycles.